The molecule has 0 spiro atoms. The van der Waals surface area contributed by atoms with Gasteiger partial charge in [-0.05, 0) is 30.3 Å². The van der Waals surface area contributed by atoms with Gasteiger partial charge in [0.05, 0.1) is 4.92 Å². The zero-order valence-electron chi connectivity index (χ0n) is 13.1. The van der Waals surface area contributed by atoms with Crippen LogP contribution in [0.4, 0.5) is 11.4 Å². The Balaban J connectivity index is 1.84. The van der Waals surface area contributed by atoms with E-state index in [1.807, 2.05) is 0 Å². The molecule has 1 amide bonds. The Morgan fingerprint density at radius 2 is 1.81 bits per heavy atom. The number of hydrogen-bond acceptors (Lipinski definition) is 6. The van der Waals surface area contributed by atoms with Crippen LogP contribution >= 0.6 is 23.2 Å². The van der Waals surface area contributed by atoms with Gasteiger partial charge >= 0.3 is 5.97 Å². The van der Waals surface area contributed by atoms with E-state index in [9.17, 15) is 19.7 Å². The minimum absolute atomic E-state index is 0.0984. The minimum Gasteiger partial charge on any atom is -0.482 e. The highest BCUT2D eigenvalue weighted by molar-refractivity contribution is 6.31. The number of hydrogen-bond donors (Lipinski definition) is 1. The summed E-state index contributed by atoms with van der Waals surface area (Å²) in [5.74, 6) is -1.18. The predicted molar refractivity (Wildman–Crippen MR) is 94.6 cm³/mol. The lowest BCUT2D eigenvalue weighted by Gasteiger charge is -2.08. The monoisotopic (exact) mass is 398 g/mol. The average Bonchev–Trinajstić information content (AvgIpc) is 2.58. The Morgan fingerprint density at radius 1 is 1.08 bits per heavy atom. The van der Waals surface area contributed by atoms with Gasteiger partial charge in [-0.2, -0.15) is 0 Å². The zero-order valence-corrected chi connectivity index (χ0v) is 14.6. The van der Waals surface area contributed by atoms with Crippen molar-refractivity contribution in [2.24, 2.45) is 0 Å². The summed E-state index contributed by atoms with van der Waals surface area (Å²) in [5, 5.41) is 13.8. The van der Waals surface area contributed by atoms with Gasteiger partial charge in [0.25, 0.3) is 11.6 Å². The van der Waals surface area contributed by atoms with Crippen LogP contribution in [0.15, 0.2) is 42.5 Å². The summed E-state index contributed by atoms with van der Waals surface area (Å²) in [7, 11) is 0. The Bertz CT molecular complexity index is 843. The molecule has 26 heavy (non-hydrogen) atoms. The maximum Gasteiger partial charge on any atom is 0.344 e. The third-order valence-electron chi connectivity index (χ3n) is 2.95. The molecule has 0 bridgehead atoms. The van der Waals surface area contributed by atoms with Crippen molar-refractivity contribution < 1.29 is 24.0 Å². The summed E-state index contributed by atoms with van der Waals surface area (Å²) >= 11 is 11.5. The van der Waals surface area contributed by atoms with Crippen molar-refractivity contribution in [1.82, 2.24) is 0 Å². The molecule has 0 heterocycles. The molecule has 2 rings (SSSR count). The second-order valence-electron chi connectivity index (χ2n) is 4.87. The summed E-state index contributed by atoms with van der Waals surface area (Å²) in [6.07, 6.45) is 0. The van der Waals surface area contributed by atoms with Crippen molar-refractivity contribution >= 4 is 46.5 Å². The van der Waals surface area contributed by atoms with E-state index in [0.717, 1.165) is 6.07 Å². The first kappa shape index (κ1) is 19.5. The number of nitro groups is 1. The average molecular weight is 399 g/mol. The molecule has 0 atom stereocenters. The van der Waals surface area contributed by atoms with Gasteiger partial charge in [0.15, 0.2) is 13.2 Å². The van der Waals surface area contributed by atoms with Gasteiger partial charge in [-0.1, -0.05) is 29.3 Å². The largest absolute Gasteiger partial charge is 0.482 e. The van der Waals surface area contributed by atoms with Crippen LogP contribution in [-0.2, 0) is 14.3 Å². The Morgan fingerprint density at radius 3 is 2.50 bits per heavy atom. The van der Waals surface area contributed by atoms with Crippen molar-refractivity contribution in [3.8, 4) is 5.75 Å². The number of anilines is 1. The molecular weight excluding hydrogens is 387 g/mol. The number of carbonyl (C=O) groups excluding carboxylic acids is 2. The van der Waals surface area contributed by atoms with E-state index in [-0.39, 0.29) is 16.4 Å². The molecular formula is C16H12Cl2N2O6. The molecule has 0 unspecified atom stereocenters. The van der Waals surface area contributed by atoms with Crippen LogP contribution in [-0.4, -0.2) is 30.0 Å². The number of ether oxygens (including phenoxy) is 2. The number of nitrogens with one attached hydrogen (secondary N) is 1. The van der Waals surface area contributed by atoms with E-state index >= 15 is 0 Å². The molecule has 2 aromatic carbocycles. The van der Waals surface area contributed by atoms with E-state index in [1.165, 1.54) is 18.2 Å². The molecule has 0 aliphatic carbocycles. The van der Waals surface area contributed by atoms with Crippen LogP contribution in [0.25, 0.3) is 0 Å². The van der Waals surface area contributed by atoms with Gasteiger partial charge in [0.2, 0.25) is 0 Å². The predicted octanol–water partition coefficient (Wildman–Crippen LogP) is 3.46. The van der Waals surface area contributed by atoms with Crippen molar-refractivity contribution in [2.45, 2.75) is 0 Å². The number of halogens is 2. The standard InChI is InChI=1S/C16H12Cl2N2O6/c17-10-2-1-3-12(6-10)25-9-16(22)26-8-15(21)19-13-7-11(18)4-5-14(13)20(23)24/h1-7H,8-9H2,(H,19,21). The van der Waals surface area contributed by atoms with E-state index in [2.05, 4.69) is 5.32 Å². The lowest BCUT2D eigenvalue weighted by atomic mass is 10.2. The summed E-state index contributed by atoms with van der Waals surface area (Å²) < 4.78 is 9.91. The highest BCUT2D eigenvalue weighted by atomic mass is 35.5. The topological polar surface area (TPSA) is 108 Å². The number of nitro benzene ring substituents is 1. The van der Waals surface area contributed by atoms with Crippen molar-refractivity contribution in [3.05, 3.63) is 62.6 Å². The van der Waals surface area contributed by atoms with Crippen LogP contribution in [0.1, 0.15) is 0 Å². The molecule has 0 saturated carbocycles. The number of amides is 1. The first-order valence-corrected chi connectivity index (χ1v) is 7.88. The summed E-state index contributed by atoms with van der Waals surface area (Å²) in [5.41, 5.74) is -0.433. The number of nitrogens with zero attached hydrogens (tertiary/aromatic N) is 1. The quantitative estimate of drug-likeness (QED) is 0.434. The van der Waals surface area contributed by atoms with Crippen LogP contribution in [0, 0.1) is 10.1 Å². The molecule has 136 valence electrons. The summed E-state index contributed by atoms with van der Waals surface area (Å²) in [6, 6.07) is 10.1. The Kier molecular flexibility index (Phi) is 6.76. The zero-order chi connectivity index (χ0) is 19.1. The number of carbonyl (C=O) groups is 2. The lowest BCUT2D eigenvalue weighted by Crippen LogP contribution is -2.24. The molecule has 8 nitrogen and oxygen atoms in total. The summed E-state index contributed by atoms with van der Waals surface area (Å²) in [4.78, 5) is 33.7. The van der Waals surface area contributed by atoms with Gasteiger partial charge in [0.1, 0.15) is 11.4 Å². The molecule has 0 aliphatic heterocycles. The van der Waals surface area contributed by atoms with E-state index in [0.29, 0.717) is 10.8 Å². The Labute approximate surface area is 157 Å². The molecule has 0 fully saturated rings. The van der Waals surface area contributed by atoms with Crippen LogP contribution in [0.3, 0.4) is 0 Å². The first-order chi connectivity index (χ1) is 12.3. The van der Waals surface area contributed by atoms with Crippen LogP contribution < -0.4 is 10.1 Å². The second-order valence-corrected chi connectivity index (χ2v) is 5.75. The molecule has 2 aromatic rings. The maximum atomic E-state index is 11.8. The maximum absolute atomic E-state index is 11.8. The van der Waals surface area contributed by atoms with Gasteiger partial charge in [0, 0.05) is 16.1 Å². The lowest BCUT2D eigenvalue weighted by molar-refractivity contribution is -0.383. The fourth-order valence-corrected chi connectivity index (χ4v) is 2.19. The fraction of sp³-hybridized carbons (Fsp3) is 0.125. The number of benzene rings is 2. The third-order valence-corrected chi connectivity index (χ3v) is 3.42. The van der Waals surface area contributed by atoms with E-state index in [1.54, 1.807) is 18.2 Å². The molecule has 0 aromatic heterocycles. The molecule has 1 N–H and O–H groups in total. The van der Waals surface area contributed by atoms with E-state index < -0.39 is 30.0 Å². The van der Waals surface area contributed by atoms with Crippen LogP contribution in [0.2, 0.25) is 10.0 Å². The van der Waals surface area contributed by atoms with Crippen molar-refractivity contribution in [2.75, 3.05) is 18.5 Å². The van der Waals surface area contributed by atoms with Gasteiger partial charge in [-0.15, -0.1) is 0 Å². The smallest absolute Gasteiger partial charge is 0.344 e. The highest BCUT2D eigenvalue weighted by Crippen LogP contribution is 2.27. The van der Waals surface area contributed by atoms with Gasteiger partial charge in [-0.3, -0.25) is 14.9 Å². The number of rotatable bonds is 7. The van der Waals surface area contributed by atoms with Gasteiger partial charge < -0.3 is 14.8 Å². The first-order valence-electron chi connectivity index (χ1n) is 7.13. The third kappa shape index (κ3) is 5.91. The van der Waals surface area contributed by atoms with Crippen molar-refractivity contribution in [3.63, 3.8) is 0 Å². The minimum atomic E-state index is -0.791. The summed E-state index contributed by atoms with van der Waals surface area (Å²) in [6.45, 7) is -1.06. The highest BCUT2D eigenvalue weighted by Gasteiger charge is 2.17. The normalized spacial score (nSPS) is 10.1. The SMILES string of the molecule is O=C(COC(=O)COc1cccc(Cl)c1)Nc1cc(Cl)ccc1[N+](=O)[O-]. The second kappa shape index (κ2) is 9.02. The molecule has 10 heteroatoms. The van der Waals surface area contributed by atoms with E-state index in [4.69, 9.17) is 32.7 Å². The Hall–Kier alpha value is -2.84. The molecule has 0 radical (unpaired) electrons. The van der Waals surface area contributed by atoms with Crippen LogP contribution in [0.5, 0.6) is 5.75 Å². The van der Waals surface area contributed by atoms with Gasteiger partial charge in [-0.25, -0.2) is 4.79 Å². The molecule has 0 saturated heterocycles. The number of esters is 1. The molecule has 0 aliphatic rings. The van der Waals surface area contributed by atoms with Crippen molar-refractivity contribution in [1.29, 1.82) is 0 Å². The fourth-order valence-electron chi connectivity index (χ4n) is 1.84.